The standard InChI is InChI=1S/C19H15BBr2O7/c1-3-10-11(12-15(25)13(20)16(26)17(27)19(12)29-10)14(24)7-4-8(21)18(9(22)5-7)28-6(2)23/h4-5,25-27H,3,20H2,1-2H3. The number of ether oxygens (including phenoxy) is 1. The van der Waals surface area contributed by atoms with Gasteiger partial charge in [0.1, 0.15) is 19.4 Å². The minimum atomic E-state index is -0.545. The van der Waals surface area contributed by atoms with Crippen molar-refractivity contribution in [2.45, 2.75) is 20.3 Å². The molecule has 0 aliphatic carbocycles. The van der Waals surface area contributed by atoms with Crippen LogP contribution in [0.1, 0.15) is 35.5 Å². The largest absolute Gasteiger partial charge is 0.508 e. The number of hydrogen-bond acceptors (Lipinski definition) is 7. The number of phenolic OH excluding ortho intramolecular Hbond substituents is 3. The summed E-state index contributed by atoms with van der Waals surface area (Å²) in [5.41, 5.74) is 0.166. The molecule has 3 N–H and O–H groups in total. The molecule has 3 aromatic rings. The second kappa shape index (κ2) is 7.76. The molecule has 0 saturated carbocycles. The van der Waals surface area contributed by atoms with Crippen LogP contribution in [0.25, 0.3) is 11.0 Å². The van der Waals surface area contributed by atoms with E-state index in [1.165, 1.54) is 26.9 Å². The number of fused-ring (bicyclic) bond motifs is 1. The van der Waals surface area contributed by atoms with E-state index < -0.39 is 23.3 Å². The number of carbonyl (C=O) groups is 2. The fraction of sp³-hybridized carbons (Fsp3) is 0.158. The van der Waals surface area contributed by atoms with Crippen LogP contribution < -0.4 is 10.2 Å². The summed E-state index contributed by atoms with van der Waals surface area (Å²) in [7, 11) is 1.41. The van der Waals surface area contributed by atoms with Gasteiger partial charge >= 0.3 is 5.97 Å². The highest BCUT2D eigenvalue weighted by Gasteiger charge is 2.29. The Bertz CT molecular complexity index is 1160. The van der Waals surface area contributed by atoms with Crippen molar-refractivity contribution in [1.82, 2.24) is 0 Å². The molecule has 0 radical (unpaired) electrons. The normalized spacial score (nSPS) is 11.0. The number of phenols is 3. The van der Waals surface area contributed by atoms with Crippen molar-refractivity contribution < 1.29 is 34.1 Å². The quantitative estimate of drug-likeness (QED) is 0.120. The molecule has 150 valence electrons. The average molecular weight is 526 g/mol. The van der Waals surface area contributed by atoms with E-state index in [9.17, 15) is 24.9 Å². The van der Waals surface area contributed by atoms with Crippen LogP contribution in [0.15, 0.2) is 25.5 Å². The summed E-state index contributed by atoms with van der Waals surface area (Å²) in [6, 6.07) is 2.96. The molecule has 0 spiro atoms. The van der Waals surface area contributed by atoms with Gasteiger partial charge < -0.3 is 24.5 Å². The Labute approximate surface area is 182 Å². The summed E-state index contributed by atoms with van der Waals surface area (Å²) in [5.74, 6) is -1.93. The number of furan rings is 1. The number of aryl methyl sites for hydroxylation is 1. The number of esters is 1. The van der Waals surface area contributed by atoms with Gasteiger partial charge in [0.05, 0.1) is 19.9 Å². The van der Waals surface area contributed by atoms with Crippen LogP contribution in [-0.2, 0) is 11.2 Å². The average Bonchev–Trinajstić information content (AvgIpc) is 3.06. The summed E-state index contributed by atoms with van der Waals surface area (Å²) in [6.07, 6.45) is 0.308. The lowest BCUT2D eigenvalue weighted by atomic mass is 9.89. The first-order valence-electron chi connectivity index (χ1n) is 8.49. The van der Waals surface area contributed by atoms with Gasteiger partial charge in [-0.3, -0.25) is 9.59 Å². The first-order valence-corrected chi connectivity index (χ1v) is 10.1. The molecule has 0 amide bonds. The van der Waals surface area contributed by atoms with Gasteiger partial charge in [-0.25, -0.2) is 0 Å². The molecule has 0 unspecified atom stereocenters. The first-order chi connectivity index (χ1) is 13.6. The number of halogens is 2. The lowest BCUT2D eigenvalue weighted by Gasteiger charge is -2.10. The molecule has 0 bridgehead atoms. The fourth-order valence-corrected chi connectivity index (χ4v) is 4.37. The monoisotopic (exact) mass is 524 g/mol. The van der Waals surface area contributed by atoms with Crippen molar-refractivity contribution >= 4 is 67.9 Å². The van der Waals surface area contributed by atoms with E-state index in [1.54, 1.807) is 6.92 Å². The molecular weight excluding hydrogens is 511 g/mol. The van der Waals surface area contributed by atoms with Crippen LogP contribution in [0.5, 0.6) is 23.0 Å². The number of hydrogen-bond donors (Lipinski definition) is 3. The molecule has 10 heteroatoms. The van der Waals surface area contributed by atoms with E-state index in [0.717, 1.165) is 0 Å². The van der Waals surface area contributed by atoms with Crippen molar-refractivity contribution in [1.29, 1.82) is 0 Å². The van der Waals surface area contributed by atoms with Crippen LogP contribution in [0.3, 0.4) is 0 Å². The van der Waals surface area contributed by atoms with E-state index in [1.807, 2.05) is 0 Å². The van der Waals surface area contributed by atoms with E-state index in [2.05, 4.69) is 31.9 Å². The summed E-state index contributed by atoms with van der Waals surface area (Å²) in [6.45, 7) is 3.01. The van der Waals surface area contributed by atoms with Gasteiger partial charge in [0.15, 0.2) is 22.9 Å². The Balaban J connectivity index is 2.26. The summed E-state index contributed by atoms with van der Waals surface area (Å²) < 4.78 is 11.5. The van der Waals surface area contributed by atoms with Crippen molar-refractivity contribution in [3.63, 3.8) is 0 Å². The third kappa shape index (κ3) is 3.51. The molecule has 0 saturated heterocycles. The van der Waals surface area contributed by atoms with E-state index >= 15 is 0 Å². The lowest BCUT2D eigenvalue weighted by molar-refractivity contribution is -0.131. The number of ketones is 1. The molecule has 1 heterocycles. The van der Waals surface area contributed by atoms with Crippen LogP contribution in [0.2, 0.25) is 0 Å². The molecule has 0 aliphatic heterocycles. The number of aromatic hydroxyl groups is 3. The zero-order valence-electron chi connectivity index (χ0n) is 15.6. The van der Waals surface area contributed by atoms with Gasteiger partial charge in [0.2, 0.25) is 5.75 Å². The molecule has 0 aliphatic rings. The molecule has 29 heavy (non-hydrogen) atoms. The molecule has 0 fully saturated rings. The highest BCUT2D eigenvalue weighted by atomic mass is 79.9. The van der Waals surface area contributed by atoms with Crippen molar-refractivity contribution in [3.05, 3.63) is 38.0 Å². The zero-order chi connectivity index (χ0) is 21.6. The Morgan fingerprint density at radius 3 is 2.21 bits per heavy atom. The number of benzene rings is 2. The SMILES string of the molecule is Bc1c(O)c(O)c2oc(CC)c(C(=O)c3cc(Br)c(OC(C)=O)c(Br)c3)c2c1O. The molecule has 3 rings (SSSR count). The van der Waals surface area contributed by atoms with Crippen LogP contribution >= 0.6 is 31.9 Å². The molecule has 2 aromatic carbocycles. The zero-order valence-corrected chi connectivity index (χ0v) is 18.8. The van der Waals surface area contributed by atoms with E-state index in [0.29, 0.717) is 15.4 Å². The highest BCUT2D eigenvalue weighted by molar-refractivity contribution is 9.11. The van der Waals surface area contributed by atoms with Gasteiger partial charge in [0.25, 0.3) is 0 Å². The van der Waals surface area contributed by atoms with Crippen molar-refractivity contribution in [3.8, 4) is 23.0 Å². The Morgan fingerprint density at radius 2 is 1.69 bits per heavy atom. The second-order valence-electron chi connectivity index (χ2n) is 6.32. The van der Waals surface area contributed by atoms with E-state index in [4.69, 9.17) is 9.15 Å². The Morgan fingerprint density at radius 1 is 1.10 bits per heavy atom. The Hall–Kier alpha value is -2.46. The lowest BCUT2D eigenvalue weighted by Crippen LogP contribution is -2.08. The van der Waals surface area contributed by atoms with Crippen molar-refractivity contribution in [2.75, 3.05) is 0 Å². The molecular formula is C19H15BBr2O7. The highest BCUT2D eigenvalue weighted by Crippen LogP contribution is 2.43. The van der Waals surface area contributed by atoms with Crippen LogP contribution in [0, 0.1) is 0 Å². The molecule has 1 aromatic heterocycles. The third-order valence-corrected chi connectivity index (χ3v) is 5.60. The van der Waals surface area contributed by atoms with Crippen LogP contribution in [-0.4, -0.2) is 34.9 Å². The van der Waals surface area contributed by atoms with E-state index in [-0.39, 0.29) is 44.8 Å². The maximum atomic E-state index is 13.3. The predicted molar refractivity (Wildman–Crippen MR) is 115 cm³/mol. The summed E-state index contributed by atoms with van der Waals surface area (Å²) in [5, 5.41) is 30.8. The predicted octanol–water partition coefficient (Wildman–Crippen LogP) is 3.05. The van der Waals surface area contributed by atoms with Crippen LogP contribution in [0.4, 0.5) is 0 Å². The minimum absolute atomic E-state index is 0.0240. The minimum Gasteiger partial charge on any atom is -0.508 e. The maximum Gasteiger partial charge on any atom is 0.308 e. The first kappa shape index (κ1) is 21.3. The summed E-state index contributed by atoms with van der Waals surface area (Å²) >= 11 is 6.57. The van der Waals surface area contributed by atoms with Gasteiger partial charge in [0, 0.05) is 18.9 Å². The maximum absolute atomic E-state index is 13.3. The Kier molecular flexibility index (Phi) is 5.69. The van der Waals surface area contributed by atoms with Gasteiger partial charge in [-0.05, 0) is 49.5 Å². The van der Waals surface area contributed by atoms with Crippen molar-refractivity contribution in [2.24, 2.45) is 0 Å². The third-order valence-electron chi connectivity index (χ3n) is 4.42. The van der Waals surface area contributed by atoms with Gasteiger partial charge in [-0.15, -0.1) is 0 Å². The van der Waals surface area contributed by atoms with Gasteiger partial charge in [-0.2, -0.15) is 0 Å². The molecule has 0 atom stereocenters. The number of rotatable bonds is 4. The van der Waals surface area contributed by atoms with Gasteiger partial charge in [-0.1, -0.05) is 6.92 Å². The molecule has 7 nitrogen and oxygen atoms in total. The fourth-order valence-electron chi connectivity index (χ4n) is 3.02. The summed E-state index contributed by atoms with van der Waals surface area (Å²) in [4.78, 5) is 24.6. The smallest absolute Gasteiger partial charge is 0.308 e. The number of carbonyl (C=O) groups excluding carboxylic acids is 2. The topological polar surface area (TPSA) is 117 Å². The second-order valence-corrected chi connectivity index (χ2v) is 8.03.